The summed E-state index contributed by atoms with van der Waals surface area (Å²) < 4.78 is 54.6. The number of hydrogen-bond donors (Lipinski definition) is 1. The van der Waals surface area contributed by atoms with Crippen molar-refractivity contribution < 1.29 is 22.5 Å². The van der Waals surface area contributed by atoms with Gasteiger partial charge in [-0.25, -0.2) is 0 Å². The van der Waals surface area contributed by atoms with Gasteiger partial charge in [0.15, 0.2) is 0 Å². The third kappa shape index (κ3) is 4.67. The van der Waals surface area contributed by atoms with Gasteiger partial charge in [-0.05, 0) is 59.1 Å². The average molecular weight is 552 g/mol. The van der Waals surface area contributed by atoms with Crippen molar-refractivity contribution in [2.45, 2.75) is 36.6 Å². The molecule has 34 heavy (non-hydrogen) atoms. The maximum absolute atomic E-state index is 14.3. The Bertz CT molecular complexity index is 1150. The average Bonchev–Trinajstić information content (AvgIpc) is 3.23. The molecule has 0 aliphatic carbocycles. The van der Waals surface area contributed by atoms with E-state index in [1.165, 1.54) is 12.1 Å². The first-order valence-electron chi connectivity index (χ1n) is 10.4. The van der Waals surface area contributed by atoms with Crippen molar-refractivity contribution in [3.63, 3.8) is 0 Å². The maximum atomic E-state index is 14.3. The third-order valence-electron chi connectivity index (χ3n) is 6.40. The summed E-state index contributed by atoms with van der Waals surface area (Å²) in [5, 5.41) is 2.64. The Morgan fingerprint density at radius 3 is 2.44 bits per heavy atom. The highest BCUT2D eigenvalue weighted by molar-refractivity contribution is 7.93. The fraction of sp³-hybridized carbons (Fsp3) is 0.391. The van der Waals surface area contributed by atoms with Gasteiger partial charge in [-0.1, -0.05) is 40.9 Å². The van der Waals surface area contributed by atoms with Crippen LogP contribution < -0.4 is 5.32 Å². The standard InChI is InChI=1S/C23H20Cl3F3N2O2S/c1-12-6-13(2-3-16(12)21(32)30-10-15-4-5-34(15)33)19-9-22(11-31-19,23(27,28)29)14-7-17(24)20(26)18(25)8-14/h2-3,6-8,15H,4-5,9-11H2,1H3,(H,30,32). The summed E-state index contributed by atoms with van der Waals surface area (Å²) in [6, 6.07) is 7.20. The SMILES string of the molecule is Cc1cc(C2=NCC(c3cc(Cl)c(Cl)c(Cl)c3)(C(F)(F)F)C2)ccc1C(=O)NCC1CC[S+]1[O-]. The van der Waals surface area contributed by atoms with Gasteiger partial charge in [-0.2, -0.15) is 13.2 Å². The number of rotatable bonds is 5. The zero-order chi connectivity index (χ0) is 24.8. The van der Waals surface area contributed by atoms with Crippen molar-refractivity contribution >= 4 is 57.6 Å². The van der Waals surface area contributed by atoms with Crippen LogP contribution in [0.25, 0.3) is 0 Å². The van der Waals surface area contributed by atoms with Crippen LogP contribution >= 0.6 is 34.8 Å². The van der Waals surface area contributed by atoms with Gasteiger partial charge < -0.3 is 9.87 Å². The molecule has 0 saturated carbocycles. The molecule has 182 valence electrons. The second kappa shape index (κ2) is 9.54. The molecule has 0 spiro atoms. The first-order chi connectivity index (χ1) is 15.9. The quantitative estimate of drug-likeness (QED) is 0.372. The Kier molecular flexibility index (Phi) is 7.20. The van der Waals surface area contributed by atoms with E-state index in [4.69, 9.17) is 34.8 Å². The fourth-order valence-electron chi connectivity index (χ4n) is 4.18. The van der Waals surface area contributed by atoms with Crippen molar-refractivity contribution in [1.29, 1.82) is 0 Å². The number of benzene rings is 2. The van der Waals surface area contributed by atoms with Gasteiger partial charge in [0.2, 0.25) is 0 Å². The lowest BCUT2D eigenvalue weighted by atomic mass is 9.76. The van der Waals surface area contributed by atoms with Crippen LogP contribution in [-0.2, 0) is 16.6 Å². The molecule has 4 rings (SSSR count). The summed E-state index contributed by atoms with van der Waals surface area (Å²) in [6.07, 6.45) is -4.20. The van der Waals surface area contributed by atoms with E-state index in [1.807, 2.05) is 0 Å². The van der Waals surface area contributed by atoms with E-state index in [0.717, 1.165) is 6.42 Å². The monoisotopic (exact) mass is 550 g/mol. The van der Waals surface area contributed by atoms with Gasteiger partial charge in [0, 0.05) is 24.1 Å². The molecule has 2 heterocycles. The number of alkyl halides is 3. The number of nitrogens with one attached hydrogen (secondary N) is 1. The second-order valence-electron chi connectivity index (χ2n) is 8.51. The van der Waals surface area contributed by atoms with Gasteiger partial charge in [0.1, 0.15) is 16.4 Å². The molecular weight excluding hydrogens is 532 g/mol. The van der Waals surface area contributed by atoms with E-state index in [0.29, 0.717) is 29.0 Å². The van der Waals surface area contributed by atoms with Crippen molar-refractivity contribution in [2.75, 3.05) is 18.8 Å². The summed E-state index contributed by atoms with van der Waals surface area (Å²) in [6.45, 7) is 1.53. The number of aryl methyl sites for hydroxylation is 1. The Labute approximate surface area is 213 Å². The zero-order valence-electron chi connectivity index (χ0n) is 17.9. The minimum atomic E-state index is -4.62. The highest BCUT2D eigenvalue weighted by Crippen LogP contribution is 2.49. The smallest absolute Gasteiger partial charge is 0.400 e. The summed E-state index contributed by atoms with van der Waals surface area (Å²) >= 11 is 17.1. The van der Waals surface area contributed by atoms with Gasteiger partial charge in [0.05, 0.1) is 28.2 Å². The van der Waals surface area contributed by atoms with Crippen LogP contribution in [0.4, 0.5) is 13.2 Å². The molecule has 0 aromatic heterocycles. The van der Waals surface area contributed by atoms with E-state index >= 15 is 0 Å². The molecule has 11 heteroatoms. The van der Waals surface area contributed by atoms with E-state index < -0.39 is 35.7 Å². The largest absolute Gasteiger partial charge is 0.616 e. The van der Waals surface area contributed by atoms with Gasteiger partial charge >= 0.3 is 6.18 Å². The van der Waals surface area contributed by atoms with Crippen molar-refractivity contribution in [2.24, 2.45) is 4.99 Å². The molecule has 2 aromatic carbocycles. The number of hydrogen-bond acceptors (Lipinski definition) is 3. The Morgan fingerprint density at radius 1 is 1.24 bits per heavy atom. The van der Waals surface area contributed by atoms with Crippen LogP contribution in [0.15, 0.2) is 35.3 Å². The normalized spacial score (nSPS) is 24.5. The predicted molar refractivity (Wildman–Crippen MR) is 130 cm³/mol. The van der Waals surface area contributed by atoms with E-state index in [-0.39, 0.29) is 37.5 Å². The van der Waals surface area contributed by atoms with Crippen LogP contribution in [0.5, 0.6) is 0 Å². The molecule has 1 saturated heterocycles. The first kappa shape index (κ1) is 25.6. The van der Waals surface area contributed by atoms with Crippen molar-refractivity contribution in [3.05, 3.63) is 67.7 Å². The van der Waals surface area contributed by atoms with Gasteiger partial charge in [0.25, 0.3) is 5.91 Å². The van der Waals surface area contributed by atoms with Crippen LogP contribution in [0.1, 0.15) is 39.9 Å². The second-order valence-corrected chi connectivity index (χ2v) is 11.5. The minimum Gasteiger partial charge on any atom is -0.616 e. The lowest BCUT2D eigenvalue weighted by Crippen LogP contribution is -2.45. The number of aliphatic imine (C=N–C) groups is 1. The molecule has 4 nitrogen and oxygen atoms in total. The Morgan fingerprint density at radius 2 is 1.91 bits per heavy atom. The lowest BCUT2D eigenvalue weighted by Gasteiger charge is -2.32. The van der Waals surface area contributed by atoms with Crippen molar-refractivity contribution in [1.82, 2.24) is 5.32 Å². The third-order valence-corrected chi connectivity index (χ3v) is 9.38. The van der Waals surface area contributed by atoms with Crippen molar-refractivity contribution in [3.8, 4) is 0 Å². The molecule has 2 aliphatic heterocycles. The predicted octanol–water partition coefficient (Wildman–Crippen LogP) is 5.90. The summed E-state index contributed by atoms with van der Waals surface area (Å²) in [5.41, 5.74) is -0.590. The van der Waals surface area contributed by atoms with E-state index in [1.54, 1.807) is 25.1 Å². The molecule has 2 aliphatic rings. The van der Waals surface area contributed by atoms with Crippen LogP contribution in [0.2, 0.25) is 15.1 Å². The summed E-state index contributed by atoms with van der Waals surface area (Å²) in [4.78, 5) is 16.8. The molecule has 3 atom stereocenters. The number of halogens is 6. The molecule has 0 radical (unpaired) electrons. The lowest BCUT2D eigenvalue weighted by molar-refractivity contribution is -0.183. The zero-order valence-corrected chi connectivity index (χ0v) is 21.0. The number of carbonyl (C=O) groups excluding carboxylic acids is 1. The van der Waals surface area contributed by atoms with Gasteiger partial charge in [-0.15, -0.1) is 0 Å². The van der Waals surface area contributed by atoms with Gasteiger partial charge in [-0.3, -0.25) is 9.79 Å². The number of nitrogens with zero attached hydrogens (tertiary/aromatic N) is 1. The Balaban J connectivity index is 1.56. The fourth-order valence-corrected chi connectivity index (χ4v) is 5.80. The molecule has 2 aromatic rings. The highest BCUT2D eigenvalue weighted by Gasteiger charge is 2.58. The van der Waals surface area contributed by atoms with Crippen LogP contribution in [-0.4, -0.2) is 46.4 Å². The minimum absolute atomic E-state index is 0.00316. The van der Waals surface area contributed by atoms with E-state index in [9.17, 15) is 22.5 Å². The van der Waals surface area contributed by atoms with Crippen LogP contribution in [0, 0.1) is 6.92 Å². The summed E-state index contributed by atoms with van der Waals surface area (Å²) in [5.74, 6) is 0.348. The number of amides is 1. The summed E-state index contributed by atoms with van der Waals surface area (Å²) in [7, 11) is 0. The molecule has 0 bridgehead atoms. The molecular formula is C23H20Cl3F3N2O2S. The molecule has 1 amide bonds. The first-order valence-corrected chi connectivity index (χ1v) is 13.0. The highest BCUT2D eigenvalue weighted by atomic mass is 35.5. The number of carbonyl (C=O) groups is 1. The van der Waals surface area contributed by atoms with Crippen LogP contribution in [0.3, 0.4) is 0 Å². The molecule has 3 unspecified atom stereocenters. The maximum Gasteiger partial charge on any atom is 0.400 e. The topological polar surface area (TPSA) is 64.5 Å². The Hall–Kier alpha value is -1.45. The molecule has 1 N–H and O–H groups in total. The molecule has 1 fully saturated rings. The van der Waals surface area contributed by atoms with E-state index in [2.05, 4.69) is 10.3 Å².